The first kappa shape index (κ1) is 17.0. The van der Waals surface area contributed by atoms with Gasteiger partial charge in [-0.25, -0.2) is 8.78 Å². The molecule has 0 aromatic heterocycles. The Balaban J connectivity index is 1.98. The minimum absolute atomic E-state index is 0.463. The van der Waals surface area contributed by atoms with Gasteiger partial charge in [0.25, 0.3) is 0 Å². The summed E-state index contributed by atoms with van der Waals surface area (Å²) in [5.74, 6) is 3.40. The Morgan fingerprint density at radius 2 is 1.15 bits per heavy atom. The minimum Gasteiger partial charge on any atom is -0.207 e. The van der Waals surface area contributed by atoms with Crippen LogP contribution in [0.5, 0.6) is 0 Å². The highest BCUT2D eigenvalue weighted by Gasteiger charge is 2.42. The molecule has 0 radical (unpaired) electrons. The van der Waals surface area contributed by atoms with E-state index < -0.39 is 33.0 Å². The molecule has 0 N–H and O–H groups in total. The lowest BCUT2D eigenvalue weighted by Gasteiger charge is -2.16. The van der Waals surface area contributed by atoms with Gasteiger partial charge in [-0.1, -0.05) is 0 Å². The normalized spacial score (nSPS) is 14.8. The van der Waals surface area contributed by atoms with Crippen LogP contribution in [-0.4, -0.2) is 5.87 Å². The lowest BCUT2D eigenvalue weighted by Crippen LogP contribution is -2.11. The van der Waals surface area contributed by atoms with Crippen LogP contribution in [-0.2, 0) is 15.8 Å². The molecule has 0 saturated carbocycles. The number of hydrogen-bond acceptors (Lipinski definition) is 0. The van der Waals surface area contributed by atoms with E-state index in [9.17, 15) is 22.0 Å². The lowest BCUT2D eigenvalue weighted by atomic mass is 10.1. The number of benzene rings is 3. The maximum atomic E-state index is 13.8. The van der Waals surface area contributed by atoms with Crippen LogP contribution in [0.3, 0.4) is 0 Å². The second kappa shape index (κ2) is 5.51. The van der Waals surface area contributed by atoms with Gasteiger partial charge >= 0.3 is 6.18 Å². The molecule has 1 aliphatic heterocycles. The maximum absolute atomic E-state index is 13.8. The summed E-state index contributed by atoms with van der Waals surface area (Å²) < 4.78 is 66.1. The van der Waals surface area contributed by atoms with Gasteiger partial charge in [0, 0.05) is 11.1 Å². The summed E-state index contributed by atoms with van der Waals surface area (Å²) in [5, 5.41) is 0. The van der Waals surface area contributed by atoms with E-state index in [1.54, 1.807) is 12.1 Å². The van der Waals surface area contributed by atoms with Crippen LogP contribution in [0.15, 0.2) is 75.4 Å². The molecule has 0 fully saturated rings. The molecule has 132 valence electrons. The van der Waals surface area contributed by atoms with Crippen molar-refractivity contribution >= 4 is 15.5 Å². The molecule has 1 heterocycles. The van der Waals surface area contributed by atoms with Crippen LogP contribution in [0.2, 0.25) is 0 Å². The van der Waals surface area contributed by atoms with E-state index in [-0.39, 0.29) is 0 Å². The molecular formula is C20H12F5S+. The van der Waals surface area contributed by atoms with Crippen molar-refractivity contribution in [1.82, 2.24) is 0 Å². The highest BCUT2D eigenvalue weighted by atomic mass is 32.2. The summed E-state index contributed by atoms with van der Waals surface area (Å²) in [6, 6.07) is 13.2. The highest BCUT2D eigenvalue weighted by molar-refractivity contribution is 8.12. The van der Waals surface area contributed by atoms with E-state index in [4.69, 9.17) is 0 Å². The molecule has 0 aliphatic carbocycles. The first-order valence-electron chi connectivity index (χ1n) is 7.64. The molecule has 0 spiro atoms. The van der Waals surface area contributed by atoms with E-state index >= 15 is 0 Å². The average molecular weight is 379 g/mol. The summed E-state index contributed by atoms with van der Waals surface area (Å²) in [5.41, 5.74) is 0.315. The van der Waals surface area contributed by atoms with Gasteiger partial charge in [-0.05, 0) is 70.3 Å². The fourth-order valence-corrected chi connectivity index (χ4v) is 6.32. The third-order valence-corrected chi connectivity index (χ3v) is 7.80. The molecule has 4 rings (SSSR count). The van der Waals surface area contributed by atoms with Crippen molar-refractivity contribution in [3.05, 3.63) is 77.9 Å². The maximum Gasteiger partial charge on any atom is 0.416 e. The summed E-state index contributed by atoms with van der Waals surface area (Å²) in [4.78, 5) is 2.02. The van der Waals surface area contributed by atoms with E-state index in [2.05, 4.69) is 5.87 Å². The van der Waals surface area contributed by atoms with E-state index in [1.165, 1.54) is 36.4 Å². The Morgan fingerprint density at radius 1 is 0.692 bits per heavy atom. The number of fused-ring (bicyclic) bond motifs is 3. The van der Waals surface area contributed by atoms with Crippen LogP contribution < -0.4 is 0 Å². The van der Waals surface area contributed by atoms with Gasteiger partial charge in [0.2, 0.25) is 0 Å². The summed E-state index contributed by atoms with van der Waals surface area (Å²) in [6.07, 6.45) is -4.43. The van der Waals surface area contributed by atoms with Gasteiger partial charge in [0.05, 0.1) is 11.4 Å². The summed E-state index contributed by atoms with van der Waals surface area (Å²) >= 11 is 0. The quantitative estimate of drug-likeness (QED) is 0.215. The van der Waals surface area contributed by atoms with E-state index in [0.29, 0.717) is 25.8 Å². The Kier molecular flexibility index (Phi) is 3.60. The number of hydrogen-bond donors (Lipinski definition) is 0. The number of alkyl halides is 3. The third-order valence-electron chi connectivity index (χ3n) is 4.51. The van der Waals surface area contributed by atoms with E-state index in [0.717, 1.165) is 12.1 Å². The van der Waals surface area contributed by atoms with Crippen LogP contribution in [0.1, 0.15) is 5.56 Å². The first-order valence-corrected chi connectivity index (χ1v) is 9.45. The fourth-order valence-electron chi connectivity index (χ4n) is 3.28. The number of rotatable bonds is 1. The largest absolute Gasteiger partial charge is 0.416 e. The Hall–Kier alpha value is -2.47. The zero-order valence-corrected chi connectivity index (χ0v) is 14.1. The van der Waals surface area contributed by atoms with Crippen molar-refractivity contribution in [2.45, 2.75) is 20.9 Å². The molecular weight excluding hydrogens is 367 g/mol. The zero-order chi connectivity index (χ0) is 18.7. The van der Waals surface area contributed by atoms with Gasteiger partial charge < -0.3 is 0 Å². The van der Waals surface area contributed by atoms with Crippen molar-refractivity contribution < 1.29 is 22.0 Å². The smallest absolute Gasteiger partial charge is 0.207 e. The monoisotopic (exact) mass is 379 g/mol. The van der Waals surface area contributed by atoms with Crippen LogP contribution in [0.25, 0.3) is 11.1 Å². The predicted octanol–water partition coefficient (Wildman–Crippen LogP) is 6.03. The molecule has 26 heavy (non-hydrogen) atoms. The number of halogens is 5. The van der Waals surface area contributed by atoms with Crippen LogP contribution >= 0.6 is 0 Å². The third kappa shape index (κ3) is 2.40. The molecule has 0 saturated heterocycles. The van der Waals surface area contributed by atoms with Crippen molar-refractivity contribution in [1.29, 1.82) is 0 Å². The standard InChI is InChI=1S/C20H12F5S/c1-26(15-6-2-12(3-7-15)20(23,24)25)18-8-4-13(21)10-16(18)17-11-14(22)5-9-19(17)26/h2-11H,1H2/q+1. The van der Waals surface area contributed by atoms with Crippen LogP contribution in [0, 0.1) is 11.6 Å². The molecule has 0 nitrogen and oxygen atoms in total. The molecule has 0 amide bonds. The van der Waals surface area contributed by atoms with Gasteiger partial charge in [0.15, 0.2) is 0 Å². The Labute approximate surface area is 147 Å². The minimum atomic E-state index is -4.43. The topological polar surface area (TPSA) is 0 Å². The highest BCUT2D eigenvalue weighted by Crippen LogP contribution is 2.51. The SMILES string of the molecule is C=[S+]1(c2ccc(C(F)(F)F)cc2)c2ccc(F)cc2-c2cc(F)ccc21. The van der Waals surface area contributed by atoms with Gasteiger partial charge in [-0.3, -0.25) is 0 Å². The van der Waals surface area contributed by atoms with Crippen LogP contribution in [0.4, 0.5) is 22.0 Å². The van der Waals surface area contributed by atoms with Crippen molar-refractivity contribution in [2.75, 3.05) is 0 Å². The van der Waals surface area contributed by atoms with E-state index in [1.807, 2.05) is 0 Å². The van der Waals surface area contributed by atoms with Crippen molar-refractivity contribution in [3.8, 4) is 11.1 Å². The molecule has 3 aromatic rings. The van der Waals surface area contributed by atoms with Crippen molar-refractivity contribution in [2.24, 2.45) is 0 Å². The summed E-state index contributed by atoms with van der Waals surface area (Å²) in [7, 11) is -2.15. The Morgan fingerprint density at radius 3 is 1.58 bits per heavy atom. The fraction of sp³-hybridized carbons (Fsp3) is 0.0500. The zero-order valence-electron chi connectivity index (χ0n) is 13.3. The summed E-state index contributed by atoms with van der Waals surface area (Å²) in [6.45, 7) is 0. The van der Waals surface area contributed by atoms with Gasteiger partial charge in [0.1, 0.15) is 26.3 Å². The predicted molar refractivity (Wildman–Crippen MR) is 92.5 cm³/mol. The van der Waals surface area contributed by atoms with Gasteiger partial charge in [-0.15, -0.1) is 0 Å². The first-order chi connectivity index (χ1) is 12.2. The molecule has 0 bridgehead atoms. The molecule has 0 unspecified atom stereocenters. The average Bonchev–Trinajstić information content (AvgIpc) is 2.83. The molecule has 3 aromatic carbocycles. The van der Waals surface area contributed by atoms with Crippen molar-refractivity contribution in [3.63, 3.8) is 0 Å². The second-order valence-electron chi connectivity index (χ2n) is 6.04. The molecule has 6 heteroatoms. The van der Waals surface area contributed by atoms with Gasteiger partial charge in [-0.2, -0.15) is 13.2 Å². The second-order valence-corrected chi connectivity index (χ2v) is 8.87. The lowest BCUT2D eigenvalue weighted by molar-refractivity contribution is -0.137. The Bertz CT molecular complexity index is 1010. The molecule has 0 atom stereocenters. The molecule has 1 aliphatic rings.